The van der Waals surface area contributed by atoms with Gasteiger partial charge in [0.1, 0.15) is 5.60 Å². The standard InChI is InChI=1S/C11H20N2O2/c1-10(2,3)15-9(14)11(4-8(11)12)7-5-13-6-7/h7-8,13H,4-6,12H2,1-3H3. The van der Waals surface area contributed by atoms with Crippen LogP contribution in [0.5, 0.6) is 0 Å². The van der Waals surface area contributed by atoms with E-state index >= 15 is 0 Å². The number of carbonyl (C=O) groups is 1. The van der Waals surface area contributed by atoms with Gasteiger partial charge in [-0.1, -0.05) is 0 Å². The first-order valence-corrected chi connectivity index (χ1v) is 5.56. The zero-order valence-electron chi connectivity index (χ0n) is 9.67. The molecule has 86 valence electrons. The summed E-state index contributed by atoms with van der Waals surface area (Å²) in [5, 5.41) is 3.18. The van der Waals surface area contributed by atoms with Gasteiger partial charge in [-0.15, -0.1) is 0 Å². The van der Waals surface area contributed by atoms with Gasteiger partial charge in [0.05, 0.1) is 5.41 Å². The van der Waals surface area contributed by atoms with Crippen LogP contribution in [0.4, 0.5) is 0 Å². The fourth-order valence-electron chi connectivity index (χ4n) is 2.20. The number of nitrogens with two attached hydrogens (primary N) is 1. The molecular weight excluding hydrogens is 192 g/mol. The lowest BCUT2D eigenvalue weighted by Crippen LogP contribution is -2.52. The number of ether oxygens (including phenoxy) is 1. The number of nitrogens with one attached hydrogen (secondary N) is 1. The van der Waals surface area contributed by atoms with E-state index < -0.39 is 5.60 Å². The van der Waals surface area contributed by atoms with Crippen LogP contribution in [-0.4, -0.2) is 30.7 Å². The van der Waals surface area contributed by atoms with Gasteiger partial charge in [0.15, 0.2) is 0 Å². The van der Waals surface area contributed by atoms with Crippen molar-refractivity contribution in [1.29, 1.82) is 0 Å². The van der Waals surface area contributed by atoms with E-state index in [0.29, 0.717) is 5.92 Å². The van der Waals surface area contributed by atoms with E-state index in [-0.39, 0.29) is 17.4 Å². The Morgan fingerprint density at radius 1 is 1.47 bits per heavy atom. The molecule has 1 saturated carbocycles. The van der Waals surface area contributed by atoms with Crippen molar-refractivity contribution in [3.05, 3.63) is 0 Å². The van der Waals surface area contributed by atoms with Crippen LogP contribution in [0.1, 0.15) is 27.2 Å². The van der Waals surface area contributed by atoms with Gasteiger partial charge in [0, 0.05) is 25.0 Å². The minimum Gasteiger partial charge on any atom is -0.459 e. The molecule has 0 bridgehead atoms. The van der Waals surface area contributed by atoms with Crippen LogP contribution in [-0.2, 0) is 9.53 Å². The number of hydrogen-bond acceptors (Lipinski definition) is 4. The largest absolute Gasteiger partial charge is 0.459 e. The van der Waals surface area contributed by atoms with Crippen molar-refractivity contribution >= 4 is 5.97 Å². The molecule has 4 nitrogen and oxygen atoms in total. The highest BCUT2D eigenvalue weighted by molar-refractivity contribution is 5.82. The lowest BCUT2D eigenvalue weighted by molar-refractivity contribution is -0.165. The van der Waals surface area contributed by atoms with Gasteiger partial charge in [0.25, 0.3) is 0 Å². The molecule has 0 aromatic heterocycles. The monoisotopic (exact) mass is 212 g/mol. The fraction of sp³-hybridized carbons (Fsp3) is 0.909. The topological polar surface area (TPSA) is 64.3 Å². The van der Waals surface area contributed by atoms with E-state index in [9.17, 15) is 4.79 Å². The molecule has 1 saturated heterocycles. The van der Waals surface area contributed by atoms with Crippen LogP contribution < -0.4 is 11.1 Å². The summed E-state index contributed by atoms with van der Waals surface area (Å²) < 4.78 is 5.45. The second kappa shape index (κ2) is 3.19. The van der Waals surface area contributed by atoms with E-state index in [1.807, 2.05) is 20.8 Å². The molecule has 3 N–H and O–H groups in total. The fourth-order valence-corrected chi connectivity index (χ4v) is 2.20. The molecule has 0 aromatic carbocycles. The van der Waals surface area contributed by atoms with Crippen molar-refractivity contribution in [2.24, 2.45) is 17.1 Å². The molecule has 0 radical (unpaired) electrons. The van der Waals surface area contributed by atoms with E-state index in [1.165, 1.54) is 0 Å². The molecule has 2 aliphatic rings. The van der Waals surface area contributed by atoms with Gasteiger partial charge in [-0.25, -0.2) is 0 Å². The second-order valence-electron chi connectivity index (χ2n) is 5.71. The Morgan fingerprint density at radius 3 is 2.27 bits per heavy atom. The maximum atomic E-state index is 12.1. The maximum Gasteiger partial charge on any atom is 0.314 e. The summed E-state index contributed by atoms with van der Waals surface area (Å²) in [6, 6.07) is -0.000509. The van der Waals surface area contributed by atoms with Gasteiger partial charge < -0.3 is 15.8 Å². The third-order valence-corrected chi connectivity index (χ3v) is 3.35. The minimum atomic E-state index is -0.413. The zero-order chi connectivity index (χ0) is 11.3. The average Bonchev–Trinajstić information content (AvgIpc) is 2.55. The molecule has 2 rings (SSSR count). The van der Waals surface area contributed by atoms with Crippen molar-refractivity contribution in [2.45, 2.75) is 38.8 Å². The van der Waals surface area contributed by atoms with Crippen LogP contribution in [0.15, 0.2) is 0 Å². The first-order valence-electron chi connectivity index (χ1n) is 5.56. The van der Waals surface area contributed by atoms with Gasteiger partial charge >= 0.3 is 5.97 Å². The highest BCUT2D eigenvalue weighted by Gasteiger charge is 2.65. The molecule has 1 aliphatic carbocycles. The van der Waals surface area contributed by atoms with Crippen LogP contribution in [0, 0.1) is 11.3 Å². The van der Waals surface area contributed by atoms with Gasteiger partial charge in [-0.2, -0.15) is 0 Å². The highest BCUT2D eigenvalue weighted by atomic mass is 16.6. The van der Waals surface area contributed by atoms with Crippen molar-refractivity contribution in [3.8, 4) is 0 Å². The summed E-state index contributed by atoms with van der Waals surface area (Å²) in [5.74, 6) is 0.274. The molecule has 0 aromatic rings. The molecule has 2 atom stereocenters. The van der Waals surface area contributed by atoms with E-state index in [1.54, 1.807) is 0 Å². The normalized spacial score (nSPS) is 35.9. The number of carbonyl (C=O) groups excluding carboxylic acids is 1. The van der Waals surface area contributed by atoms with Crippen LogP contribution in [0.2, 0.25) is 0 Å². The molecule has 2 fully saturated rings. The molecule has 1 aliphatic heterocycles. The SMILES string of the molecule is CC(C)(C)OC(=O)C1(C2CNC2)CC1N. The molecule has 2 unspecified atom stereocenters. The van der Waals surface area contributed by atoms with Gasteiger partial charge in [-0.05, 0) is 27.2 Å². The Kier molecular flexibility index (Phi) is 2.32. The highest BCUT2D eigenvalue weighted by Crippen LogP contribution is 2.53. The third-order valence-electron chi connectivity index (χ3n) is 3.35. The maximum absolute atomic E-state index is 12.1. The van der Waals surface area contributed by atoms with Crippen molar-refractivity contribution in [3.63, 3.8) is 0 Å². The predicted molar refractivity (Wildman–Crippen MR) is 57.2 cm³/mol. The summed E-state index contributed by atoms with van der Waals surface area (Å²) in [6.45, 7) is 7.47. The number of rotatable bonds is 2. The van der Waals surface area contributed by atoms with Crippen LogP contribution in [0.25, 0.3) is 0 Å². The van der Waals surface area contributed by atoms with Gasteiger partial charge in [-0.3, -0.25) is 4.79 Å². The second-order valence-corrected chi connectivity index (χ2v) is 5.71. The van der Waals surface area contributed by atoms with Gasteiger partial charge in [0.2, 0.25) is 0 Å². The lowest BCUT2D eigenvalue weighted by atomic mass is 9.83. The first kappa shape index (κ1) is 10.9. The van der Waals surface area contributed by atoms with Crippen molar-refractivity contribution in [2.75, 3.05) is 13.1 Å². The lowest BCUT2D eigenvalue weighted by Gasteiger charge is -2.35. The molecule has 1 heterocycles. The van der Waals surface area contributed by atoms with E-state index in [2.05, 4.69) is 5.32 Å². The first-order chi connectivity index (χ1) is 6.86. The molecule has 0 spiro atoms. The van der Waals surface area contributed by atoms with Crippen LogP contribution in [0.3, 0.4) is 0 Å². The number of esters is 1. The summed E-state index contributed by atoms with van der Waals surface area (Å²) in [5.41, 5.74) is 5.11. The summed E-state index contributed by atoms with van der Waals surface area (Å²) >= 11 is 0. The minimum absolute atomic E-state index is 0.000509. The Hall–Kier alpha value is -0.610. The Morgan fingerprint density at radius 2 is 2.00 bits per heavy atom. The predicted octanol–water partition coefficient (Wildman–Crippen LogP) is 0.265. The Labute approximate surface area is 90.5 Å². The van der Waals surface area contributed by atoms with E-state index in [4.69, 9.17) is 10.5 Å². The summed E-state index contributed by atoms with van der Waals surface area (Å²) in [7, 11) is 0. The van der Waals surface area contributed by atoms with Crippen LogP contribution >= 0.6 is 0 Å². The molecular formula is C11H20N2O2. The Balaban J connectivity index is 2.04. The molecule has 4 heteroatoms. The summed E-state index contributed by atoms with van der Waals surface area (Å²) in [4.78, 5) is 12.1. The zero-order valence-corrected chi connectivity index (χ0v) is 9.67. The molecule has 0 amide bonds. The van der Waals surface area contributed by atoms with E-state index in [0.717, 1.165) is 19.5 Å². The summed E-state index contributed by atoms with van der Waals surface area (Å²) in [6.07, 6.45) is 0.786. The number of hydrogen-bond donors (Lipinski definition) is 2. The van der Waals surface area contributed by atoms with Crippen molar-refractivity contribution < 1.29 is 9.53 Å². The average molecular weight is 212 g/mol. The third kappa shape index (κ3) is 1.76. The smallest absolute Gasteiger partial charge is 0.314 e. The Bertz CT molecular complexity index is 281. The quantitative estimate of drug-likeness (QED) is 0.645. The van der Waals surface area contributed by atoms with Crippen molar-refractivity contribution in [1.82, 2.24) is 5.32 Å². The molecule has 15 heavy (non-hydrogen) atoms.